The maximum atomic E-state index is 11.7. The van der Waals surface area contributed by atoms with Gasteiger partial charge in [-0.05, 0) is 64.4 Å². The summed E-state index contributed by atoms with van der Waals surface area (Å²) in [7, 11) is 1.69. The number of hydrogen-bond acceptors (Lipinski definition) is 5. The number of benzene rings is 1. The van der Waals surface area contributed by atoms with Gasteiger partial charge in [-0.2, -0.15) is 0 Å². The Morgan fingerprint density at radius 2 is 1.83 bits per heavy atom. The molecule has 1 aromatic rings. The van der Waals surface area contributed by atoms with Crippen molar-refractivity contribution in [3.05, 3.63) is 24.3 Å². The molecule has 1 aromatic carbocycles. The molecule has 0 bridgehead atoms. The van der Waals surface area contributed by atoms with Crippen LogP contribution in [0, 0.1) is 0 Å². The summed E-state index contributed by atoms with van der Waals surface area (Å²) in [4.78, 5) is 11.7. The predicted octanol–water partition coefficient (Wildman–Crippen LogP) is 3.20. The molecule has 1 rings (SSSR count). The number of ether oxygens (including phenoxy) is 2. The van der Waals surface area contributed by atoms with Crippen molar-refractivity contribution in [2.24, 2.45) is 5.73 Å². The van der Waals surface area contributed by atoms with Crippen LogP contribution in [0.15, 0.2) is 24.3 Å². The van der Waals surface area contributed by atoms with Gasteiger partial charge in [0.15, 0.2) is 0 Å². The lowest BCUT2D eigenvalue weighted by Crippen LogP contribution is -2.27. The minimum atomic E-state index is -0.512. The Kier molecular flexibility index (Phi) is 7.85. The molecule has 130 valence electrons. The van der Waals surface area contributed by atoms with Gasteiger partial charge in [0.1, 0.15) is 5.60 Å². The molecule has 1 amide bonds. The van der Waals surface area contributed by atoms with E-state index in [9.17, 15) is 4.79 Å². The van der Waals surface area contributed by atoms with Crippen LogP contribution in [0.1, 0.15) is 33.6 Å². The van der Waals surface area contributed by atoms with E-state index in [4.69, 9.17) is 15.2 Å². The van der Waals surface area contributed by atoms with Crippen molar-refractivity contribution in [2.45, 2.75) is 45.3 Å². The SMILES string of the molecule is COCC(CCCN)Nc1ccc(NC(=O)OC(C)(C)C)cc1. The maximum absolute atomic E-state index is 11.7. The third-order valence-electron chi connectivity index (χ3n) is 3.03. The van der Waals surface area contributed by atoms with Crippen LogP contribution in [-0.2, 0) is 9.47 Å². The summed E-state index contributed by atoms with van der Waals surface area (Å²) in [6, 6.07) is 7.71. The fourth-order valence-electron chi connectivity index (χ4n) is 2.07. The van der Waals surface area contributed by atoms with Gasteiger partial charge < -0.3 is 20.5 Å². The number of nitrogens with one attached hydrogen (secondary N) is 2. The van der Waals surface area contributed by atoms with E-state index < -0.39 is 11.7 Å². The van der Waals surface area contributed by atoms with Crippen LogP contribution in [-0.4, -0.2) is 38.0 Å². The van der Waals surface area contributed by atoms with Gasteiger partial charge in [-0.3, -0.25) is 5.32 Å². The highest BCUT2D eigenvalue weighted by molar-refractivity contribution is 5.85. The standard InChI is InChI=1S/C17H29N3O3/c1-17(2,3)23-16(21)20-14-9-7-13(8-10-14)19-15(12-22-4)6-5-11-18/h7-10,15,19H,5-6,11-12,18H2,1-4H3,(H,20,21). The lowest BCUT2D eigenvalue weighted by atomic mass is 10.1. The first-order valence-electron chi connectivity index (χ1n) is 7.89. The number of amides is 1. The zero-order chi connectivity index (χ0) is 17.3. The average molecular weight is 323 g/mol. The lowest BCUT2D eigenvalue weighted by Gasteiger charge is -2.20. The molecule has 0 aliphatic rings. The zero-order valence-corrected chi connectivity index (χ0v) is 14.5. The molecule has 4 N–H and O–H groups in total. The van der Waals surface area contributed by atoms with Crippen molar-refractivity contribution in [3.8, 4) is 0 Å². The number of rotatable bonds is 8. The maximum Gasteiger partial charge on any atom is 0.412 e. The summed E-state index contributed by atoms with van der Waals surface area (Å²) < 4.78 is 10.4. The van der Waals surface area contributed by atoms with E-state index in [-0.39, 0.29) is 6.04 Å². The molecule has 0 spiro atoms. The third kappa shape index (κ3) is 8.42. The van der Waals surface area contributed by atoms with Gasteiger partial charge in [-0.15, -0.1) is 0 Å². The first kappa shape index (κ1) is 19.3. The molecule has 1 atom stereocenters. The molecule has 0 fully saturated rings. The molecule has 0 aliphatic carbocycles. The van der Waals surface area contributed by atoms with E-state index in [1.807, 2.05) is 45.0 Å². The van der Waals surface area contributed by atoms with Crippen molar-refractivity contribution < 1.29 is 14.3 Å². The number of carbonyl (C=O) groups excluding carboxylic acids is 1. The van der Waals surface area contributed by atoms with Crippen molar-refractivity contribution in [1.82, 2.24) is 0 Å². The average Bonchev–Trinajstić information content (AvgIpc) is 2.45. The molecule has 6 heteroatoms. The van der Waals surface area contributed by atoms with E-state index >= 15 is 0 Å². The smallest absolute Gasteiger partial charge is 0.412 e. The normalized spacial score (nSPS) is 12.6. The Hall–Kier alpha value is -1.79. The monoisotopic (exact) mass is 323 g/mol. The van der Waals surface area contributed by atoms with E-state index in [1.165, 1.54) is 0 Å². The molecule has 0 saturated heterocycles. The molecule has 0 saturated carbocycles. The van der Waals surface area contributed by atoms with Crippen molar-refractivity contribution in [3.63, 3.8) is 0 Å². The molecular formula is C17H29N3O3. The summed E-state index contributed by atoms with van der Waals surface area (Å²) in [5, 5.41) is 6.12. The van der Waals surface area contributed by atoms with Gasteiger partial charge in [-0.1, -0.05) is 0 Å². The first-order valence-corrected chi connectivity index (χ1v) is 7.89. The van der Waals surface area contributed by atoms with Gasteiger partial charge in [0, 0.05) is 24.5 Å². The second-order valence-corrected chi connectivity index (χ2v) is 6.43. The summed E-state index contributed by atoms with van der Waals surface area (Å²) >= 11 is 0. The number of hydrogen-bond donors (Lipinski definition) is 3. The Labute approximate surface area is 138 Å². The molecule has 0 aromatic heterocycles. The van der Waals surface area contributed by atoms with Crippen LogP contribution in [0.25, 0.3) is 0 Å². The largest absolute Gasteiger partial charge is 0.444 e. The van der Waals surface area contributed by atoms with Crippen LogP contribution in [0.4, 0.5) is 16.2 Å². The number of carbonyl (C=O) groups is 1. The van der Waals surface area contributed by atoms with Crippen molar-refractivity contribution in [2.75, 3.05) is 30.9 Å². The fraction of sp³-hybridized carbons (Fsp3) is 0.588. The second kappa shape index (κ2) is 9.37. The Morgan fingerprint density at radius 3 is 2.35 bits per heavy atom. The molecular weight excluding hydrogens is 294 g/mol. The Balaban J connectivity index is 2.56. The highest BCUT2D eigenvalue weighted by Crippen LogP contribution is 2.17. The van der Waals surface area contributed by atoms with E-state index in [2.05, 4.69) is 10.6 Å². The zero-order valence-electron chi connectivity index (χ0n) is 14.5. The van der Waals surface area contributed by atoms with E-state index in [0.29, 0.717) is 18.8 Å². The second-order valence-electron chi connectivity index (χ2n) is 6.43. The van der Waals surface area contributed by atoms with Crippen LogP contribution in [0.2, 0.25) is 0 Å². The molecule has 6 nitrogen and oxygen atoms in total. The minimum absolute atomic E-state index is 0.216. The molecule has 1 unspecified atom stereocenters. The number of nitrogens with two attached hydrogens (primary N) is 1. The summed E-state index contributed by atoms with van der Waals surface area (Å²) in [6.45, 7) is 6.78. The van der Waals surface area contributed by atoms with Crippen molar-refractivity contribution in [1.29, 1.82) is 0 Å². The van der Waals surface area contributed by atoms with Crippen molar-refractivity contribution >= 4 is 17.5 Å². The lowest BCUT2D eigenvalue weighted by molar-refractivity contribution is 0.0636. The summed E-state index contributed by atoms with van der Waals surface area (Å²) in [6.07, 6.45) is 1.43. The first-order chi connectivity index (χ1) is 10.8. The van der Waals surface area contributed by atoms with Crippen LogP contribution in [0.3, 0.4) is 0 Å². The third-order valence-corrected chi connectivity index (χ3v) is 3.03. The Morgan fingerprint density at radius 1 is 1.22 bits per heavy atom. The quantitative estimate of drug-likeness (QED) is 0.684. The molecule has 23 heavy (non-hydrogen) atoms. The number of methoxy groups -OCH3 is 1. The van der Waals surface area contributed by atoms with E-state index in [1.54, 1.807) is 7.11 Å². The molecule has 0 radical (unpaired) electrons. The predicted molar refractivity (Wildman–Crippen MR) is 93.9 cm³/mol. The van der Waals surface area contributed by atoms with E-state index in [0.717, 1.165) is 18.5 Å². The molecule has 0 aliphatic heterocycles. The fourth-order valence-corrected chi connectivity index (χ4v) is 2.07. The highest BCUT2D eigenvalue weighted by atomic mass is 16.6. The Bertz CT molecular complexity index is 469. The van der Waals surface area contributed by atoms with Crippen LogP contribution < -0.4 is 16.4 Å². The summed E-state index contributed by atoms with van der Waals surface area (Å²) in [5.41, 5.74) is 6.70. The minimum Gasteiger partial charge on any atom is -0.444 e. The van der Waals surface area contributed by atoms with Crippen LogP contribution >= 0.6 is 0 Å². The topological polar surface area (TPSA) is 85.6 Å². The van der Waals surface area contributed by atoms with Gasteiger partial charge in [0.05, 0.1) is 6.61 Å². The summed E-state index contributed by atoms with van der Waals surface area (Å²) in [5.74, 6) is 0. The van der Waals surface area contributed by atoms with Gasteiger partial charge in [0.2, 0.25) is 0 Å². The van der Waals surface area contributed by atoms with Gasteiger partial charge >= 0.3 is 6.09 Å². The highest BCUT2D eigenvalue weighted by Gasteiger charge is 2.16. The van der Waals surface area contributed by atoms with Gasteiger partial charge in [-0.25, -0.2) is 4.79 Å². The molecule has 0 heterocycles. The van der Waals surface area contributed by atoms with Gasteiger partial charge in [0.25, 0.3) is 0 Å². The van der Waals surface area contributed by atoms with Crippen LogP contribution in [0.5, 0.6) is 0 Å². The number of anilines is 2.